The van der Waals surface area contributed by atoms with Crippen LogP contribution < -0.4 is 14.3 Å². The van der Waals surface area contributed by atoms with E-state index in [4.69, 9.17) is 15.9 Å². The van der Waals surface area contributed by atoms with Gasteiger partial charge in [-0.05, 0) is 48.4 Å². The predicted molar refractivity (Wildman–Crippen MR) is 106 cm³/mol. The zero-order valence-electron chi connectivity index (χ0n) is 14.6. The van der Waals surface area contributed by atoms with Gasteiger partial charge in [0.1, 0.15) is 0 Å². The first-order chi connectivity index (χ1) is 13.1. The van der Waals surface area contributed by atoms with Gasteiger partial charge in [0.2, 0.25) is 6.79 Å². The molecular formula is C21H16N2O3S. The van der Waals surface area contributed by atoms with Crippen LogP contribution in [0.1, 0.15) is 11.1 Å². The Morgan fingerprint density at radius 3 is 3.00 bits per heavy atom. The van der Waals surface area contributed by atoms with Crippen molar-refractivity contribution in [1.82, 2.24) is 4.57 Å². The Kier molecular flexibility index (Phi) is 4.53. The first kappa shape index (κ1) is 17.1. The van der Waals surface area contributed by atoms with Crippen LogP contribution in [0.5, 0.6) is 11.5 Å². The van der Waals surface area contributed by atoms with E-state index in [0.717, 1.165) is 21.3 Å². The zero-order valence-corrected chi connectivity index (χ0v) is 15.5. The second-order valence-corrected chi connectivity index (χ2v) is 7.05. The second-order valence-electron chi connectivity index (χ2n) is 6.04. The molecule has 0 N–H and O–H groups in total. The normalized spacial score (nSPS) is 13.4. The van der Waals surface area contributed by atoms with Crippen molar-refractivity contribution in [3.63, 3.8) is 0 Å². The SMILES string of the molecule is C#CCn1c(=NC(=O)/C=C\c2ccc3c(c2)OCO3)sc2cc(C)ccc21. The summed E-state index contributed by atoms with van der Waals surface area (Å²) in [6, 6.07) is 11.6. The summed E-state index contributed by atoms with van der Waals surface area (Å²) in [4.78, 5) is 17.2. The minimum atomic E-state index is -0.346. The Balaban J connectivity index is 1.65. The Labute approximate surface area is 160 Å². The average molecular weight is 376 g/mol. The molecule has 1 aromatic heterocycles. The molecule has 0 unspecified atom stereocenters. The van der Waals surface area contributed by atoms with E-state index in [1.807, 2.05) is 41.8 Å². The van der Waals surface area contributed by atoms with Crippen molar-refractivity contribution in [2.75, 3.05) is 6.79 Å². The van der Waals surface area contributed by atoms with Gasteiger partial charge in [0.05, 0.1) is 16.8 Å². The van der Waals surface area contributed by atoms with Crippen LogP contribution in [0.15, 0.2) is 47.5 Å². The maximum atomic E-state index is 12.4. The molecule has 0 saturated heterocycles. The van der Waals surface area contributed by atoms with Crippen LogP contribution in [0.4, 0.5) is 0 Å². The molecule has 3 aromatic rings. The van der Waals surface area contributed by atoms with Crippen molar-refractivity contribution in [2.45, 2.75) is 13.5 Å². The fraction of sp³-hybridized carbons (Fsp3) is 0.143. The Morgan fingerprint density at radius 1 is 1.30 bits per heavy atom. The van der Waals surface area contributed by atoms with E-state index in [2.05, 4.69) is 17.0 Å². The highest BCUT2D eigenvalue weighted by Crippen LogP contribution is 2.32. The number of ether oxygens (including phenoxy) is 2. The highest BCUT2D eigenvalue weighted by Gasteiger charge is 2.12. The fourth-order valence-electron chi connectivity index (χ4n) is 2.83. The van der Waals surface area contributed by atoms with E-state index in [1.165, 1.54) is 17.4 Å². The van der Waals surface area contributed by atoms with Gasteiger partial charge >= 0.3 is 0 Å². The molecule has 0 fully saturated rings. The molecule has 2 heterocycles. The van der Waals surface area contributed by atoms with Gasteiger partial charge < -0.3 is 14.0 Å². The number of rotatable bonds is 3. The van der Waals surface area contributed by atoms with E-state index >= 15 is 0 Å². The van der Waals surface area contributed by atoms with E-state index in [9.17, 15) is 4.79 Å². The molecule has 0 saturated carbocycles. The monoisotopic (exact) mass is 376 g/mol. The molecule has 134 valence electrons. The second kappa shape index (κ2) is 7.14. The summed E-state index contributed by atoms with van der Waals surface area (Å²) in [6.07, 6.45) is 8.63. The number of carbonyl (C=O) groups excluding carboxylic acids is 1. The number of amides is 1. The lowest BCUT2D eigenvalue weighted by atomic mass is 10.2. The molecule has 4 rings (SSSR count). The van der Waals surface area contributed by atoms with Crippen LogP contribution in [0, 0.1) is 19.3 Å². The van der Waals surface area contributed by atoms with Crippen molar-refractivity contribution in [2.24, 2.45) is 4.99 Å². The summed E-state index contributed by atoms with van der Waals surface area (Å²) in [6.45, 7) is 2.61. The van der Waals surface area contributed by atoms with Crippen LogP contribution >= 0.6 is 11.3 Å². The molecule has 0 atom stereocenters. The molecule has 27 heavy (non-hydrogen) atoms. The minimum Gasteiger partial charge on any atom is -0.454 e. The number of terminal acetylenes is 1. The number of thiazole rings is 1. The maximum Gasteiger partial charge on any atom is 0.272 e. The first-order valence-corrected chi connectivity index (χ1v) is 9.15. The molecule has 0 aliphatic carbocycles. The number of carbonyl (C=O) groups is 1. The summed E-state index contributed by atoms with van der Waals surface area (Å²) in [5.41, 5.74) is 2.97. The third-order valence-electron chi connectivity index (χ3n) is 4.11. The Hall–Kier alpha value is -3.30. The topological polar surface area (TPSA) is 52.8 Å². The van der Waals surface area contributed by atoms with Crippen LogP contribution in [-0.2, 0) is 11.3 Å². The number of nitrogens with zero attached hydrogens (tertiary/aromatic N) is 2. The van der Waals surface area contributed by atoms with Gasteiger partial charge in [0.25, 0.3) is 5.91 Å². The van der Waals surface area contributed by atoms with E-state index in [-0.39, 0.29) is 12.7 Å². The third-order valence-corrected chi connectivity index (χ3v) is 5.15. The van der Waals surface area contributed by atoms with Crippen molar-refractivity contribution in [1.29, 1.82) is 0 Å². The van der Waals surface area contributed by atoms with Gasteiger partial charge in [0.15, 0.2) is 16.3 Å². The lowest BCUT2D eigenvalue weighted by Crippen LogP contribution is -2.15. The fourth-order valence-corrected chi connectivity index (χ4v) is 3.96. The number of benzene rings is 2. The Morgan fingerprint density at radius 2 is 2.15 bits per heavy atom. The number of aromatic nitrogens is 1. The summed E-state index contributed by atoms with van der Waals surface area (Å²) in [5.74, 6) is 3.66. The van der Waals surface area contributed by atoms with Gasteiger partial charge in [-0.25, -0.2) is 0 Å². The van der Waals surface area contributed by atoms with Crippen molar-refractivity contribution >= 4 is 33.5 Å². The molecule has 5 nitrogen and oxygen atoms in total. The van der Waals surface area contributed by atoms with Crippen LogP contribution in [0.3, 0.4) is 0 Å². The molecular weight excluding hydrogens is 360 g/mol. The molecule has 0 radical (unpaired) electrons. The lowest BCUT2D eigenvalue weighted by molar-refractivity contribution is -0.113. The minimum absolute atomic E-state index is 0.220. The predicted octanol–water partition coefficient (Wildman–Crippen LogP) is 3.51. The summed E-state index contributed by atoms with van der Waals surface area (Å²) in [7, 11) is 0. The molecule has 1 amide bonds. The number of fused-ring (bicyclic) bond motifs is 2. The highest BCUT2D eigenvalue weighted by atomic mass is 32.1. The van der Waals surface area contributed by atoms with Crippen LogP contribution in [0.2, 0.25) is 0 Å². The smallest absolute Gasteiger partial charge is 0.272 e. The van der Waals surface area contributed by atoms with Crippen LogP contribution in [0.25, 0.3) is 16.3 Å². The van der Waals surface area contributed by atoms with Gasteiger partial charge in [-0.2, -0.15) is 4.99 Å². The van der Waals surface area contributed by atoms with Crippen molar-refractivity contribution < 1.29 is 14.3 Å². The molecule has 0 bridgehead atoms. The highest BCUT2D eigenvalue weighted by molar-refractivity contribution is 7.16. The van der Waals surface area contributed by atoms with E-state index in [1.54, 1.807) is 6.08 Å². The largest absolute Gasteiger partial charge is 0.454 e. The average Bonchev–Trinajstić information content (AvgIpc) is 3.24. The van der Waals surface area contributed by atoms with E-state index < -0.39 is 0 Å². The van der Waals surface area contributed by atoms with Gasteiger partial charge in [-0.3, -0.25) is 4.79 Å². The number of aryl methyl sites for hydroxylation is 1. The van der Waals surface area contributed by atoms with Gasteiger partial charge in [0, 0.05) is 6.08 Å². The molecule has 0 spiro atoms. The quantitative estimate of drug-likeness (QED) is 0.519. The standard InChI is InChI=1S/C21H16N2O3S/c1-3-10-23-16-7-4-14(2)11-19(16)27-21(23)22-20(24)9-6-15-5-8-17-18(12-15)26-13-25-17/h1,4-9,11-12H,10,13H2,2H3/b9-6-,22-21?. The molecule has 1 aliphatic rings. The third kappa shape index (κ3) is 3.50. The van der Waals surface area contributed by atoms with E-state index in [0.29, 0.717) is 22.8 Å². The molecule has 2 aromatic carbocycles. The number of hydrogen-bond acceptors (Lipinski definition) is 4. The summed E-state index contributed by atoms with van der Waals surface area (Å²) < 4.78 is 13.6. The Bertz CT molecular complexity index is 1180. The summed E-state index contributed by atoms with van der Waals surface area (Å²) >= 11 is 1.45. The summed E-state index contributed by atoms with van der Waals surface area (Å²) in [5, 5.41) is 0. The van der Waals surface area contributed by atoms with Crippen LogP contribution in [-0.4, -0.2) is 17.3 Å². The lowest BCUT2D eigenvalue weighted by Gasteiger charge is -1.99. The first-order valence-electron chi connectivity index (χ1n) is 8.34. The van der Waals surface area contributed by atoms with Gasteiger partial charge in [-0.1, -0.05) is 29.4 Å². The zero-order chi connectivity index (χ0) is 18.8. The molecule has 6 heteroatoms. The van der Waals surface area contributed by atoms with Crippen molar-refractivity contribution in [3.05, 3.63) is 58.4 Å². The van der Waals surface area contributed by atoms with Crippen molar-refractivity contribution in [3.8, 4) is 23.8 Å². The molecule has 1 aliphatic heterocycles. The van der Waals surface area contributed by atoms with Gasteiger partial charge in [-0.15, -0.1) is 6.42 Å². The maximum absolute atomic E-state index is 12.4. The number of hydrogen-bond donors (Lipinski definition) is 0.